The second-order valence-electron chi connectivity index (χ2n) is 2.54. The van der Waals surface area contributed by atoms with Gasteiger partial charge in [-0.2, -0.15) is 0 Å². The Kier molecular flexibility index (Phi) is 2.58. The summed E-state index contributed by atoms with van der Waals surface area (Å²) in [6.07, 6.45) is 0.817. The third-order valence-electron chi connectivity index (χ3n) is 1.80. The van der Waals surface area contributed by atoms with Crippen molar-refractivity contribution in [1.29, 1.82) is 0 Å². The summed E-state index contributed by atoms with van der Waals surface area (Å²) in [5.74, 6) is 0. The molecule has 0 radical (unpaired) electrons. The number of carbonyl (C=O) groups excluding carboxylic acids is 1. The van der Waals surface area contributed by atoms with Crippen LogP contribution < -0.4 is 0 Å². The quantitative estimate of drug-likeness (QED) is 0.573. The van der Waals surface area contributed by atoms with Crippen LogP contribution in [-0.4, -0.2) is 6.29 Å². The highest BCUT2D eigenvalue weighted by Crippen LogP contribution is 2.32. The maximum Gasteiger partial charge on any atom is 0.152 e. The molecule has 1 aromatic heterocycles. The maximum atomic E-state index is 10.8. The van der Waals surface area contributed by atoms with E-state index in [1.165, 1.54) is 0 Å². The molecule has 2 aromatic rings. The average Bonchev–Trinajstić information content (AvgIpc) is 2.48. The zero-order valence-electron chi connectivity index (χ0n) is 6.38. The van der Waals surface area contributed by atoms with Crippen molar-refractivity contribution in [1.82, 2.24) is 0 Å². The van der Waals surface area contributed by atoms with Gasteiger partial charge in [0, 0.05) is 19.0 Å². The first-order chi connectivity index (χ1) is 6.24. The molecule has 1 nitrogen and oxygen atoms in total. The summed E-state index contributed by atoms with van der Waals surface area (Å²) in [7, 11) is 0. The largest absolute Gasteiger partial charge is 0.298 e. The molecule has 1 heterocycles. The highest BCUT2D eigenvalue weighted by molar-refractivity contribution is 14.1. The fourth-order valence-electron chi connectivity index (χ4n) is 1.17. The van der Waals surface area contributed by atoms with Crippen LogP contribution in [0.3, 0.4) is 0 Å². The van der Waals surface area contributed by atoms with E-state index in [-0.39, 0.29) is 0 Å². The smallest absolute Gasteiger partial charge is 0.152 e. The van der Waals surface area contributed by atoms with Gasteiger partial charge in [-0.05, 0) is 28.7 Å². The number of hydrogen-bond acceptors (Lipinski definition) is 2. The molecule has 0 saturated heterocycles. The van der Waals surface area contributed by atoms with Gasteiger partial charge in [-0.15, -0.1) is 11.3 Å². The minimum absolute atomic E-state index is 0.528. The Morgan fingerprint density at radius 1 is 1.46 bits per heavy atom. The molecular weight excluding hydrogens is 319 g/mol. The molecule has 1 aromatic carbocycles. The normalized spacial score (nSPS) is 10.6. The number of thiophene rings is 1. The summed E-state index contributed by atoms with van der Waals surface area (Å²) in [6.45, 7) is 0. The van der Waals surface area contributed by atoms with Crippen molar-refractivity contribution >= 4 is 61.9 Å². The van der Waals surface area contributed by atoms with Crippen LogP contribution in [-0.2, 0) is 0 Å². The SMILES string of the molecule is O=Cc1c(Cl)ccc2c(I)csc12. The van der Waals surface area contributed by atoms with E-state index in [1.807, 2.05) is 11.4 Å². The third kappa shape index (κ3) is 1.49. The van der Waals surface area contributed by atoms with Crippen LogP contribution in [0.1, 0.15) is 10.4 Å². The van der Waals surface area contributed by atoms with Crippen molar-refractivity contribution in [3.8, 4) is 0 Å². The first kappa shape index (κ1) is 9.43. The second-order valence-corrected chi connectivity index (χ2v) is 4.99. The second kappa shape index (κ2) is 3.55. The van der Waals surface area contributed by atoms with E-state index in [4.69, 9.17) is 11.6 Å². The molecule has 0 saturated carbocycles. The summed E-state index contributed by atoms with van der Waals surface area (Å²) >= 11 is 9.69. The van der Waals surface area contributed by atoms with Crippen LogP contribution in [0.5, 0.6) is 0 Å². The molecule has 0 unspecified atom stereocenters. The van der Waals surface area contributed by atoms with E-state index in [9.17, 15) is 4.79 Å². The fourth-order valence-corrected chi connectivity index (χ4v) is 3.38. The standard InChI is InChI=1S/C9H4ClIOS/c10-7-2-1-5-8(11)4-13-9(5)6(7)3-12/h1-4H. The molecule has 0 fully saturated rings. The van der Waals surface area contributed by atoms with E-state index in [1.54, 1.807) is 17.4 Å². The van der Waals surface area contributed by atoms with Crippen molar-refractivity contribution in [3.05, 3.63) is 31.7 Å². The number of hydrogen-bond donors (Lipinski definition) is 0. The molecule has 0 bridgehead atoms. The summed E-state index contributed by atoms with van der Waals surface area (Å²) in [5, 5.41) is 3.66. The summed E-state index contributed by atoms with van der Waals surface area (Å²) < 4.78 is 2.14. The molecule has 0 spiro atoms. The molecule has 0 atom stereocenters. The van der Waals surface area contributed by atoms with Crippen LogP contribution >= 0.6 is 45.5 Å². The van der Waals surface area contributed by atoms with Crippen molar-refractivity contribution in [2.75, 3.05) is 0 Å². The lowest BCUT2D eigenvalue weighted by atomic mass is 10.2. The fraction of sp³-hybridized carbons (Fsp3) is 0. The van der Waals surface area contributed by atoms with Crippen LogP contribution in [0.2, 0.25) is 5.02 Å². The van der Waals surface area contributed by atoms with Gasteiger partial charge < -0.3 is 0 Å². The predicted molar refractivity (Wildman–Crippen MR) is 64.9 cm³/mol. The lowest BCUT2D eigenvalue weighted by Gasteiger charge is -1.97. The van der Waals surface area contributed by atoms with Gasteiger partial charge in [0.1, 0.15) is 0 Å². The van der Waals surface area contributed by atoms with Gasteiger partial charge in [-0.25, -0.2) is 0 Å². The van der Waals surface area contributed by atoms with Crippen LogP contribution in [0.15, 0.2) is 17.5 Å². The van der Waals surface area contributed by atoms with Gasteiger partial charge in [0.25, 0.3) is 0 Å². The van der Waals surface area contributed by atoms with E-state index in [0.717, 1.165) is 19.9 Å². The Morgan fingerprint density at radius 2 is 2.23 bits per heavy atom. The van der Waals surface area contributed by atoms with Crippen molar-refractivity contribution in [2.45, 2.75) is 0 Å². The highest BCUT2D eigenvalue weighted by Gasteiger charge is 2.08. The Balaban J connectivity index is 2.92. The molecule has 0 N–H and O–H groups in total. The zero-order valence-corrected chi connectivity index (χ0v) is 10.1. The van der Waals surface area contributed by atoms with Crippen molar-refractivity contribution < 1.29 is 4.79 Å². The van der Waals surface area contributed by atoms with E-state index in [0.29, 0.717) is 10.6 Å². The predicted octanol–water partition coefficient (Wildman–Crippen LogP) is 3.97. The van der Waals surface area contributed by atoms with Crippen molar-refractivity contribution in [3.63, 3.8) is 0 Å². The average molecular weight is 323 g/mol. The lowest BCUT2D eigenvalue weighted by molar-refractivity contribution is 0.112. The van der Waals surface area contributed by atoms with Crippen LogP contribution in [0, 0.1) is 3.57 Å². The first-order valence-electron chi connectivity index (χ1n) is 3.54. The maximum absolute atomic E-state index is 10.8. The number of fused-ring (bicyclic) bond motifs is 1. The topological polar surface area (TPSA) is 17.1 Å². The molecule has 13 heavy (non-hydrogen) atoms. The molecular formula is C9H4ClIOS. The van der Waals surface area contributed by atoms with E-state index >= 15 is 0 Å². The van der Waals surface area contributed by atoms with Crippen molar-refractivity contribution in [2.24, 2.45) is 0 Å². The number of halogens is 2. The summed E-state index contributed by atoms with van der Waals surface area (Å²) in [5.41, 5.74) is 0.604. The Labute approximate surface area is 97.8 Å². The third-order valence-corrected chi connectivity index (χ3v) is 4.47. The molecule has 66 valence electrons. The van der Waals surface area contributed by atoms with Crippen LogP contribution in [0.25, 0.3) is 10.1 Å². The summed E-state index contributed by atoms with van der Waals surface area (Å²) in [4.78, 5) is 10.8. The molecule has 0 amide bonds. The molecule has 0 aliphatic carbocycles. The molecule has 2 rings (SSSR count). The van der Waals surface area contributed by atoms with E-state index in [2.05, 4.69) is 22.6 Å². The Morgan fingerprint density at radius 3 is 2.92 bits per heavy atom. The van der Waals surface area contributed by atoms with Gasteiger partial charge in [0.15, 0.2) is 6.29 Å². The molecule has 0 aliphatic heterocycles. The summed E-state index contributed by atoms with van der Waals surface area (Å²) in [6, 6.07) is 3.71. The zero-order chi connectivity index (χ0) is 9.42. The first-order valence-corrected chi connectivity index (χ1v) is 5.88. The van der Waals surface area contributed by atoms with Gasteiger partial charge >= 0.3 is 0 Å². The van der Waals surface area contributed by atoms with E-state index < -0.39 is 0 Å². The Hall–Kier alpha value is -0.130. The van der Waals surface area contributed by atoms with Gasteiger partial charge in [0.2, 0.25) is 0 Å². The number of rotatable bonds is 1. The molecule has 0 aliphatic rings. The van der Waals surface area contributed by atoms with Gasteiger partial charge in [0.05, 0.1) is 10.6 Å². The van der Waals surface area contributed by atoms with Crippen LogP contribution in [0.4, 0.5) is 0 Å². The minimum Gasteiger partial charge on any atom is -0.298 e. The van der Waals surface area contributed by atoms with Gasteiger partial charge in [-0.1, -0.05) is 17.7 Å². The number of aldehydes is 1. The highest BCUT2D eigenvalue weighted by atomic mass is 127. The monoisotopic (exact) mass is 322 g/mol. The minimum atomic E-state index is 0.528. The molecule has 4 heteroatoms. The lowest BCUT2D eigenvalue weighted by Crippen LogP contribution is -1.81. The number of carbonyl (C=O) groups is 1. The number of benzene rings is 1. The van der Waals surface area contributed by atoms with Gasteiger partial charge in [-0.3, -0.25) is 4.79 Å². The Bertz CT molecular complexity index is 478.